The van der Waals surface area contributed by atoms with Gasteiger partial charge in [0.05, 0.1) is 5.39 Å². The third-order valence-corrected chi connectivity index (χ3v) is 5.18. The summed E-state index contributed by atoms with van der Waals surface area (Å²) in [6.07, 6.45) is -0.974. The zero-order chi connectivity index (χ0) is 21.1. The second-order valence-corrected chi connectivity index (χ2v) is 7.17. The van der Waals surface area contributed by atoms with E-state index in [4.69, 9.17) is 9.15 Å². The molecule has 3 aromatic rings. The van der Waals surface area contributed by atoms with Crippen molar-refractivity contribution in [3.63, 3.8) is 0 Å². The van der Waals surface area contributed by atoms with Crippen molar-refractivity contribution < 1.29 is 18.7 Å². The van der Waals surface area contributed by atoms with E-state index in [0.29, 0.717) is 37.1 Å². The molecular formula is C23H22N2O5. The van der Waals surface area contributed by atoms with Gasteiger partial charge >= 0.3 is 5.97 Å². The highest BCUT2D eigenvalue weighted by molar-refractivity contribution is 5.91. The van der Waals surface area contributed by atoms with Crippen molar-refractivity contribution in [2.75, 3.05) is 31.1 Å². The Morgan fingerprint density at radius 2 is 1.63 bits per heavy atom. The molecule has 1 aliphatic heterocycles. The fourth-order valence-electron chi connectivity index (χ4n) is 3.55. The summed E-state index contributed by atoms with van der Waals surface area (Å²) in [6, 6.07) is 17.8. The highest BCUT2D eigenvalue weighted by Crippen LogP contribution is 2.17. The lowest BCUT2D eigenvalue weighted by Gasteiger charge is -2.36. The monoisotopic (exact) mass is 406 g/mol. The van der Waals surface area contributed by atoms with Gasteiger partial charge in [-0.25, -0.2) is 4.79 Å². The average molecular weight is 406 g/mol. The number of hydrogen-bond donors (Lipinski definition) is 0. The van der Waals surface area contributed by atoms with Gasteiger partial charge in [-0.2, -0.15) is 0 Å². The van der Waals surface area contributed by atoms with Crippen LogP contribution >= 0.6 is 0 Å². The molecule has 0 N–H and O–H groups in total. The first-order chi connectivity index (χ1) is 14.5. The van der Waals surface area contributed by atoms with Crippen LogP contribution in [0.15, 0.2) is 69.9 Å². The van der Waals surface area contributed by atoms with Gasteiger partial charge < -0.3 is 19.0 Å². The Bertz CT molecular complexity index is 1120. The summed E-state index contributed by atoms with van der Waals surface area (Å²) in [6.45, 7) is 4.02. The molecule has 1 amide bonds. The molecule has 2 heterocycles. The molecule has 1 aliphatic rings. The van der Waals surface area contributed by atoms with Crippen LogP contribution in [0.3, 0.4) is 0 Å². The van der Waals surface area contributed by atoms with Crippen molar-refractivity contribution in [2.45, 2.75) is 13.0 Å². The van der Waals surface area contributed by atoms with E-state index in [0.717, 1.165) is 11.8 Å². The van der Waals surface area contributed by atoms with Gasteiger partial charge in [0.15, 0.2) is 11.5 Å². The SMILES string of the molecule is CC(OC(=O)c1cc(=O)c2ccccc2o1)C(=O)N1CCN(c2ccccc2)CC1. The normalized spacial score (nSPS) is 15.1. The van der Waals surface area contributed by atoms with E-state index >= 15 is 0 Å². The summed E-state index contributed by atoms with van der Waals surface area (Å²) >= 11 is 0. The highest BCUT2D eigenvalue weighted by Gasteiger charge is 2.28. The summed E-state index contributed by atoms with van der Waals surface area (Å²) < 4.78 is 10.8. The molecule has 7 nitrogen and oxygen atoms in total. The fraction of sp³-hybridized carbons (Fsp3) is 0.261. The van der Waals surface area contributed by atoms with E-state index in [1.165, 1.54) is 6.92 Å². The number of hydrogen-bond acceptors (Lipinski definition) is 6. The molecule has 4 rings (SSSR count). The summed E-state index contributed by atoms with van der Waals surface area (Å²) in [7, 11) is 0. The lowest BCUT2D eigenvalue weighted by atomic mass is 10.2. The molecule has 30 heavy (non-hydrogen) atoms. The predicted octanol–water partition coefficient (Wildman–Crippen LogP) is 2.69. The van der Waals surface area contributed by atoms with Crippen molar-refractivity contribution in [2.24, 2.45) is 0 Å². The third kappa shape index (κ3) is 4.05. The fourth-order valence-corrected chi connectivity index (χ4v) is 3.55. The van der Waals surface area contributed by atoms with Crippen LogP contribution in [-0.4, -0.2) is 49.1 Å². The van der Waals surface area contributed by atoms with Crippen LogP contribution in [0.1, 0.15) is 17.5 Å². The first-order valence-electron chi connectivity index (χ1n) is 9.85. The van der Waals surface area contributed by atoms with Crippen LogP contribution in [0.5, 0.6) is 0 Å². The number of piperazine rings is 1. The van der Waals surface area contributed by atoms with Gasteiger partial charge in [-0.15, -0.1) is 0 Å². The van der Waals surface area contributed by atoms with E-state index in [1.807, 2.05) is 30.3 Å². The van der Waals surface area contributed by atoms with Gasteiger partial charge in [0.1, 0.15) is 5.58 Å². The summed E-state index contributed by atoms with van der Waals surface area (Å²) in [5, 5.41) is 0.384. The van der Waals surface area contributed by atoms with Gasteiger partial charge in [-0.05, 0) is 31.2 Å². The quantitative estimate of drug-likeness (QED) is 0.620. The molecule has 1 unspecified atom stereocenters. The minimum absolute atomic E-state index is 0.216. The maximum absolute atomic E-state index is 12.7. The molecule has 1 aromatic heterocycles. The number of fused-ring (bicyclic) bond motifs is 1. The Hall–Kier alpha value is -3.61. The van der Waals surface area contributed by atoms with Gasteiger partial charge in [0, 0.05) is 37.9 Å². The number of anilines is 1. The molecule has 2 aromatic carbocycles. The van der Waals surface area contributed by atoms with Gasteiger partial charge in [0.25, 0.3) is 5.91 Å². The number of benzene rings is 2. The van der Waals surface area contributed by atoms with Crippen LogP contribution in [0.2, 0.25) is 0 Å². The molecule has 1 saturated heterocycles. The number of amides is 1. The van der Waals surface area contributed by atoms with E-state index in [9.17, 15) is 14.4 Å². The Balaban J connectivity index is 1.38. The Kier molecular flexibility index (Phi) is 5.52. The number of ether oxygens (including phenoxy) is 1. The van der Waals surface area contributed by atoms with Crippen molar-refractivity contribution in [3.8, 4) is 0 Å². The topological polar surface area (TPSA) is 80.1 Å². The van der Waals surface area contributed by atoms with Crippen molar-refractivity contribution >= 4 is 28.5 Å². The Labute approximate surface area is 173 Å². The lowest BCUT2D eigenvalue weighted by Crippen LogP contribution is -2.51. The molecule has 0 aliphatic carbocycles. The molecular weight excluding hydrogens is 384 g/mol. The second kappa shape index (κ2) is 8.41. The van der Waals surface area contributed by atoms with Gasteiger partial charge in [-0.3, -0.25) is 9.59 Å². The predicted molar refractivity (Wildman–Crippen MR) is 113 cm³/mol. The zero-order valence-electron chi connectivity index (χ0n) is 16.6. The third-order valence-electron chi connectivity index (χ3n) is 5.18. The number of carbonyl (C=O) groups is 2. The largest absolute Gasteiger partial charge is 0.449 e. The summed E-state index contributed by atoms with van der Waals surface area (Å²) in [5.41, 5.74) is 1.09. The van der Waals surface area contributed by atoms with Crippen LogP contribution in [0.25, 0.3) is 11.0 Å². The number of nitrogens with zero attached hydrogens (tertiary/aromatic N) is 2. The van der Waals surface area contributed by atoms with Gasteiger partial charge in [0.2, 0.25) is 5.76 Å². The molecule has 7 heteroatoms. The number of carbonyl (C=O) groups excluding carboxylic acids is 2. The molecule has 0 saturated carbocycles. The second-order valence-electron chi connectivity index (χ2n) is 7.17. The number of rotatable bonds is 4. The first kappa shape index (κ1) is 19.7. The molecule has 1 atom stereocenters. The van der Waals surface area contributed by atoms with Crippen molar-refractivity contribution in [1.29, 1.82) is 0 Å². The van der Waals surface area contributed by atoms with E-state index in [1.54, 1.807) is 29.2 Å². The lowest BCUT2D eigenvalue weighted by molar-refractivity contribution is -0.140. The van der Waals surface area contributed by atoms with Crippen molar-refractivity contribution in [3.05, 3.63) is 76.6 Å². The maximum Gasteiger partial charge on any atom is 0.375 e. The Morgan fingerprint density at radius 1 is 0.967 bits per heavy atom. The first-order valence-corrected chi connectivity index (χ1v) is 9.85. The highest BCUT2D eigenvalue weighted by atomic mass is 16.6. The minimum Gasteiger partial charge on any atom is -0.449 e. The average Bonchev–Trinajstić information content (AvgIpc) is 2.79. The van der Waals surface area contributed by atoms with Crippen molar-refractivity contribution in [1.82, 2.24) is 4.90 Å². The maximum atomic E-state index is 12.7. The summed E-state index contributed by atoms with van der Waals surface area (Å²) in [5.74, 6) is -1.31. The minimum atomic E-state index is -0.974. The molecule has 0 spiro atoms. The Morgan fingerprint density at radius 3 is 2.37 bits per heavy atom. The molecule has 1 fully saturated rings. The molecule has 0 radical (unpaired) electrons. The standard InChI is InChI=1S/C23H22N2O5/c1-16(22(27)25-13-11-24(12-14-25)17-7-3-2-4-8-17)29-23(28)21-15-19(26)18-9-5-6-10-20(18)30-21/h2-10,15-16H,11-14H2,1H3. The van der Waals surface area contributed by atoms with E-state index in [-0.39, 0.29) is 17.1 Å². The van der Waals surface area contributed by atoms with E-state index < -0.39 is 12.1 Å². The number of para-hydroxylation sites is 2. The van der Waals surface area contributed by atoms with Crippen LogP contribution in [-0.2, 0) is 9.53 Å². The summed E-state index contributed by atoms with van der Waals surface area (Å²) in [4.78, 5) is 41.2. The van der Waals surface area contributed by atoms with Crippen LogP contribution in [0.4, 0.5) is 5.69 Å². The zero-order valence-corrected chi connectivity index (χ0v) is 16.6. The molecule has 154 valence electrons. The number of esters is 1. The smallest absolute Gasteiger partial charge is 0.375 e. The molecule has 0 bridgehead atoms. The van der Waals surface area contributed by atoms with E-state index in [2.05, 4.69) is 4.90 Å². The van der Waals surface area contributed by atoms with Crippen LogP contribution in [0, 0.1) is 0 Å². The van der Waals surface area contributed by atoms with Gasteiger partial charge in [-0.1, -0.05) is 30.3 Å². The van der Waals surface area contributed by atoms with Crippen LogP contribution < -0.4 is 10.3 Å².